The van der Waals surface area contributed by atoms with Gasteiger partial charge in [-0.3, -0.25) is 5.84 Å². The minimum atomic E-state index is -0.799. The molecule has 0 radical (unpaired) electrons. The summed E-state index contributed by atoms with van der Waals surface area (Å²) in [4.78, 5) is 7.82. The first-order valence-corrected chi connectivity index (χ1v) is 5.42. The molecule has 0 amide bonds. The van der Waals surface area contributed by atoms with Crippen LogP contribution in [0.2, 0.25) is 0 Å². The van der Waals surface area contributed by atoms with Crippen molar-refractivity contribution < 1.29 is 13.5 Å². The number of nitrogens with one attached hydrogen (secondary N) is 1. The third-order valence-corrected chi connectivity index (χ3v) is 2.60. The largest absolute Gasteiger partial charge is 0.481 e. The third kappa shape index (κ3) is 2.83. The lowest BCUT2D eigenvalue weighted by Crippen LogP contribution is -2.30. The van der Waals surface area contributed by atoms with Crippen LogP contribution < -0.4 is 16.0 Å². The average molecular weight is 266 g/mol. The van der Waals surface area contributed by atoms with Gasteiger partial charge in [-0.15, -0.1) is 0 Å². The fourth-order valence-electron chi connectivity index (χ4n) is 1.69. The normalized spacial score (nSPS) is 12.2. The van der Waals surface area contributed by atoms with Gasteiger partial charge in [-0.2, -0.15) is 0 Å². The fourth-order valence-corrected chi connectivity index (χ4v) is 1.69. The number of nitrogens with zero attached hydrogens (tertiary/aromatic N) is 2. The van der Waals surface area contributed by atoms with E-state index in [4.69, 9.17) is 10.6 Å². The first-order chi connectivity index (χ1) is 9.15. The molecule has 1 atom stereocenters. The van der Waals surface area contributed by atoms with Gasteiger partial charge in [-0.05, 0) is 18.2 Å². The van der Waals surface area contributed by atoms with Crippen LogP contribution in [-0.4, -0.2) is 17.1 Å². The molecule has 19 heavy (non-hydrogen) atoms. The van der Waals surface area contributed by atoms with Crippen molar-refractivity contribution in [3.63, 3.8) is 0 Å². The van der Waals surface area contributed by atoms with Gasteiger partial charge < -0.3 is 4.74 Å². The lowest BCUT2D eigenvalue weighted by molar-refractivity contribution is 0.394. The van der Waals surface area contributed by atoms with Gasteiger partial charge in [0.05, 0.1) is 18.8 Å². The van der Waals surface area contributed by atoms with Crippen LogP contribution in [0.15, 0.2) is 30.6 Å². The highest BCUT2D eigenvalue weighted by Gasteiger charge is 2.19. The molecule has 2 aromatic rings. The number of benzene rings is 1. The van der Waals surface area contributed by atoms with Gasteiger partial charge in [0.15, 0.2) is 0 Å². The number of ether oxygens (including phenoxy) is 1. The minimum Gasteiger partial charge on any atom is -0.481 e. The fraction of sp³-hybridized carbons (Fsp3) is 0.167. The lowest BCUT2D eigenvalue weighted by Gasteiger charge is -2.16. The highest BCUT2D eigenvalue weighted by molar-refractivity contribution is 5.30. The van der Waals surface area contributed by atoms with E-state index in [2.05, 4.69) is 15.4 Å². The number of methoxy groups -OCH3 is 1. The van der Waals surface area contributed by atoms with Crippen molar-refractivity contribution >= 4 is 0 Å². The zero-order valence-electron chi connectivity index (χ0n) is 10.1. The van der Waals surface area contributed by atoms with E-state index < -0.39 is 17.7 Å². The first kappa shape index (κ1) is 13.3. The first-order valence-electron chi connectivity index (χ1n) is 5.42. The zero-order chi connectivity index (χ0) is 13.8. The Hall–Kier alpha value is -2.12. The lowest BCUT2D eigenvalue weighted by atomic mass is 10.0. The predicted molar refractivity (Wildman–Crippen MR) is 64.1 cm³/mol. The number of hydrogen-bond acceptors (Lipinski definition) is 5. The maximum Gasteiger partial charge on any atom is 0.216 e. The van der Waals surface area contributed by atoms with Crippen molar-refractivity contribution in [3.05, 3.63) is 53.5 Å². The number of rotatable bonds is 4. The summed E-state index contributed by atoms with van der Waals surface area (Å²) >= 11 is 0. The van der Waals surface area contributed by atoms with E-state index in [1.54, 1.807) is 0 Å². The second-order valence-electron chi connectivity index (χ2n) is 3.75. The van der Waals surface area contributed by atoms with Crippen LogP contribution in [-0.2, 0) is 0 Å². The molecule has 1 aromatic heterocycles. The molecule has 0 spiro atoms. The molecule has 0 aliphatic heterocycles. The summed E-state index contributed by atoms with van der Waals surface area (Å²) in [5.74, 6) is 4.58. The number of hydrazine groups is 1. The van der Waals surface area contributed by atoms with Crippen molar-refractivity contribution in [2.45, 2.75) is 6.04 Å². The van der Waals surface area contributed by atoms with Gasteiger partial charge in [0, 0.05) is 11.6 Å². The van der Waals surface area contributed by atoms with E-state index in [1.807, 2.05) is 0 Å². The summed E-state index contributed by atoms with van der Waals surface area (Å²) < 4.78 is 31.9. The molecule has 0 saturated carbocycles. The van der Waals surface area contributed by atoms with Crippen molar-refractivity contribution in [2.75, 3.05) is 7.11 Å². The van der Waals surface area contributed by atoms with E-state index in [0.717, 1.165) is 18.2 Å². The third-order valence-electron chi connectivity index (χ3n) is 2.60. The summed E-state index contributed by atoms with van der Waals surface area (Å²) in [5.41, 5.74) is 2.83. The van der Waals surface area contributed by atoms with Crippen LogP contribution in [0.25, 0.3) is 0 Å². The molecule has 2 rings (SSSR count). The standard InChI is InChI=1S/C12H12F2N4O/c1-19-11-5-10(16-6-17-11)12(18-15)8-4-7(13)2-3-9(8)14/h2-6,12,18H,15H2,1H3. The smallest absolute Gasteiger partial charge is 0.216 e. The number of aromatic nitrogens is 2. The van der Waals surface area contributed by atoms with Crippen LogP contribution in [0.3, 0.4) is 0 Å². The molecule has 3 N–H and O–H groups in total. The van der Waals surface area contributed by atoms with Crippen molar-refractivity contribution in [2.24, 2.45) is 5.84 Å². The number of hydrogen-bond donors (Lipinski definition) is 2. The summed E-state index contributed by atoms with van der Waals surface area (Å²) in [6, 6.07) is 3.83. The molecule has 1 heterocycles. The molecule has 0 fully saturated rings. The molecule has 1 aromatic carbocycles. The van der Waals surface area contributed by atoms with E-state index in [0.29, 0.717) is 11.6 Å². The number of nitrogens with two attached hydrogens (primary N) is 1. The van der Waals surface area contributed by atoms with E-state index >= 15 is 0 Å². The van der Waals surface area contributed by atoms with Crippen molar-refractivity contribution in [1.29, 1.82) is 0 Å². The molecular formula is C12H12F2N4O. The quantitative estimate of drug-likeness (QED) is 0.645. The van der Waals surface area contributed by atoms with Crippen LogP contribution in [0.1, 0.15) is 17.3 Å². The Morgan fingerprint density at radius 3 is 2.74 bits per heavy atom. The van der Waals surface area contributed by atoms with E-state index in [9.17, 15) is 8.78 Å². The molecule has 7 heteroatoms. The Morgan fingerprint density at radius 1 is 1.26 bits per heavy atom. The molecule has 1 unspecified atom stereocenters. The summed E-state index contributed by atoms with van der Waals surface area (Å²) in [6.07, 6.45) is 1.26. The van der Waals surface area contributed by atoms with Crippen LogP contribution >= 0.6 is 0 Å². The summed E-state index contributed by atoms with van der Waals surface area (Å²) in [5, 5.41) is 0. The van der Waals surface area contributed by atoms with Gasteiger partial charge in [0.2, 0.25) is 5.88 Å². The summed E-state index contributed by atoms with van der Waals surface area (Å²) in [6.45, 7) is 0. The van der Waals surface area contributed by atoms with Gasteiger partial charge in [0.1, 0.15) is 18.0 Å². The van der Waals surface area contributed by atoms with Gasteiger partial charge in [0.25, 0.3) is 0 Å². The molecule has 5 nitrogen and oxygen atoms in total. The second-order valence-corrected chi connectivity index (χ2v) is 3.75. The monoisotopic (exact) mass is 266 g/mol. The Kier molecular flexibility index (Phi) is 3.98. The Morgan fingerprint density at radius 2 is 2.05 bits per heavy atom. The molecule has 0 saturated heterocycles. The SMILES string of the molecule is COc1cc(C(NN)c2cc(F)ccc2F)ncn1. The zero-order valence-corrected chi connectivity index (χ0v) is 10.1. The maximum atomic E-state index is 13.7. The van der Waals surface area contributed by atoms with Crippen molar-refractivity contribution in [1.82, 2.24) is 15.4 Å². The maximum absolute atomic E-state index is 13.7. The Bertz CT molecular complexity index is 579. The molecular weight excluding hydrogens is 254 g/mol. The Balaban J connectivity index is 2.46. The topological polar surface area (TPSA) is 73.1 Å². The molecule has 0 aliphatic rings. The van der Waals surface area contributed by atoms with Crippen LogP contribution in [0.5, 0.6) is 5.88 Å². The molecule has 0 bridgehead atoms. The van der Waals surface area contributed by atoms with Crippen LogP contribution in [0.4, 0.5) is 8.78 Å². The van der Waals surface area contributed by atoms with Gasteiger partial charge in [-0.1, -0.05) is 0 Å². The molecule has 0 aliphatic carbocycles. The number of halogens is 2. The van der Waals surface area contributed by atoms with Crippen molar-refractivity contribution in [3.8, 4) is 5.88 Å². The summed E-state index contributed by atoms with van der Waals surface area (Å²) in [7, 11) is 1.44. The van der Waals surface area contributed by atoms with Gasteiger partial charge in [-0.25, -0.2) is 24.2 Å². The Labute approximate surface area is 108 Å². The highest BCUT2D eigenvalue weighted by atomic mass is 19.1. The van der Waals surface area contributed by atoms with Gasteiger partial charge >= 0.3 is 0 Å². The predicted octanol–water partition coefficient (Wildman–Crippen LogP) is 1.32. The average Bonchev–Trinajstić information content (AvgIpc) is 2.44. The molecule has 100 valence electrons. The van der Waals surface area contributed by atoms with E-state index in [1.165, 1.54) is 19.5 Å². The van der Waals surface area contributed by atoms with E-state index in [-0.39, 0.29) is 5.56 Å². The van der Waals surface area contributed by atoms with Crippen LogP contribution in [0, 0.1) is 11.6 Å². The minimum absolute atomic E-state index is 0.0586. The second kappa shape index (κ2) is 5.68. The highest BCUT2D eigenvalue weighted by Crippen LogP contribution is 2.24.